The largest absolute Gasteiger partial charge is 0.476 e. The number of rotatable bonds is 3. The summed E-state index contributed by atoms with van der Waals surface area (Å²) in [7, 11) is 0. The fourth-order valence-electron chi connectivity index (χ4n) is 1.56. The fraction of sp³-hybridized carbons (Fsp3) is 0.167. The van der Waals surface area contributed by atoms with Gasteiger partial charge in [0.25, 0.3) is 0 Å². The van der Waals surface area contributed by atoms with Crippen LogP contribution in [0.1, 0.15) is 21.1 Å². The third kappa shape index (κ3) is 3.08. The molecule has 0 aliphatic rings. The topological polar surface area (TPSA) is 62.2 Å². The van der Waals surface area contributed by atoms with E-state index in [0.29, 0.717) is 5.01 Å². The quantitative estimate of drug-likeness (QED) is 0.902. The summed E-state index contributed by atoms with van der Waals surface area (Å²) in [5.41, 5.74) is -0.850. The molecule has 2 aromatic rings. The first-order valence-electron chi connectivity index (χ1n) is 5.42. The van der Waals surface area contributed by atoms with Crippen LogP contribution in [0.4, 0.5) is 23.9 Å². The smallest absolute Gasteiger partial charge is 0.416 e. The van der Waals surface area contributed by atoms with E-state index in [1.165, 1.54) is 12.1 Å². The van der Waals surface area contributed by atoms with Gasteiger partial charge in [-0.2, -0.15) is 13.2 Å². The van der Waals surface area contributed by atoms with Gasteiger partial charge in [-0.3, -0.25) is 0 Å². The number of aromatic nitrogens is 1. The van der Waals surface area contributed by atoms with Crippen LogP contribution in [-0.4, -0.2) is 16.1 Å². The second kappa shape index (κ2) is 5.12. The number of aryl methyl sites for hydroxylation is 1. The second-order valence-corrected chi connectivity index (χ2v) is 5.12. The predicted molar refractivity (Wildman–Crippen MR) is 68.5 cm³/mol. The van der Waals surface area contributed by atoms with Gasteiger partial charge in [-0.1, -0.05) is 6.07 Å². The van der Waals surface area contributed by atoms with Crippen molar-refractivity contribution in [1.82, 2.24) is 4.98 Å². The minimum absolute atomic E-state index is 0.158. The molecular formula is C12H9F3N2O2S. The number of alkyl halides is 3. The molecule has 20 heavy (non-hydrogen) atoms. The molecule has 106 valence electrons. The third-order valence-corrected chi connectivity index (χ3v) is 3.27. The molecule has 0 saturated carbocycles. The molecule has 0 aliphatic carbocycles. The Labute approximate surface area is 115 Å². The number of hydrogen-bond donors (Lipinski definition) is 2. The van der Waals surface area contributed by atoms with Crippen LogP contribution in [0.15, 0.2) is 24.3 Å². The van der Waals surface area contributed by atoms with Crippen LogP contribution in [0.5, 0.6) is 0 Å². The average molecular weight is 302 g/mol. The van der Waals surface area contributed by atoms with Crippen LogP contribution in [-0.2, 0) is 6.18 Å². The molecule has 1 aromatic heterocycles. The van der Waals surface area contributed by atoms with E-state index in [2.05, 4.69) is 10.3 Å². The normalized spacial score (nSPS) is 11.4. The van der Waals surface area contributed by atoms with Crippen molar-refractivity contribution >= 4 is 28.0 Å². The molecule has 0 amide bonds. The van der Waals surface area contributed by atoms with Gasteiger partial charge in [-0.25, -0.2) is 9.78 Å². The summed E-state index contributed by atoms with van der Waals surface area (Å²) in [5, 5.41) is 12.3. The first-order valence-corrected chi connectivity index (χ1v) is 6.24. The van der Waals surface area contributed by atoms with E-state index >= 15 is 0 Å². The van der Waals surface area contributed by atoms with Crippen molar-refractivity contribution in [3.8, 4) is 0 Å². The van der Waals surface area contributed by atoms with Crippen molar-refractivity contribution in [1.29, 1.82) is 0 Å². The molecule has 2 rings (SSSR count). The lowest BCUT2D eigenvalue weighted by Crippen LogP contribution is -2.06. The van der Waals surface area contributed by atoms with Gasteiger partial charge in [0.2, 0.25) is 0 Å². The van der Waals surface area contributed by atoms with Crippen molar-refractivity contribution in [3.63, 3.8) is 0 Å². The lowest BCUT2D eigenvalue weighted by atomic mass is 10.2. The number of anilines is 2. The van der Waals surface area contributed by atoms with Crippen LogP contribution in [0.25, 0.3) is 0 Å². The zero-order chi connectivity index (χ0) is 14.9. The molecule has 0 bridgehead atoms. The fourth-order valence-corrected chi connectivity index (χ4v) is 2.39. The minimum Gasteiger partial charge on any atom is -0.476 e. The Morgan fingerprint density at radius 2 is 2.10 bits per heavy atom. The van der Waals surface area contributed by atoms with Crippen LogP contribution >= 0.6 is 11.3 Å². The SMILES string of the molecule is Cc1nc(C(=O)O)c(Nc2cccc(C(F)(F)F)c2)s1. The monoisotopic (exact) mass is 302 g/mol. The number of nitrogens with one attached hydrogen (secondary N) is 1. The van der Waals surface area contributed by atoms with Crippen molar-refractivity contribution < 1.29 is 23.1 Å². The maximum atomic E-state index is 12.6. The lowest BCUT2D eigenvalue weighted by molar-refractivity contribution is -0.137. The number of carboxylic acids is 1. The number of nitrogens with zero attached hydrogens (tertiary/aromatic N) is 1. The number of aromatic carboxylic acids is 1. The minimum atomic E-state index is -4.45. The van der Waals surface area contributed by atoms with Gasteiger partial charge < -0.3 is 10.4 Å². The molecule has 0 saturated heterocycles. The van der Waals surface area contributed by atoms with Gasteiger partial charge >= 0.3 is 12.1 Å². The predicted octanol–water partition coefficient (Wildman–Crippen LogP) is 3.91. The van der Waals surface area contributed by atoms with Gasteiger partial charge in [0.1, 0.15) is 5.00 Å². The third-order valence-electron chi connectivity index (χ3n) is 2.38. The molecule has 1 aromatic carbocycles. The molecular weight excluding hydrogens is 293 g/mol. The lowest BCUT2D eigenvalue weighted by Gasteiger charge is -2.09. The highest BCUT2D eigenvalue weighted by atomic mass is 32.1. The molecule has 0 atom stereocenters. The molecule has 0 radical (unpaired) electrons. The van der Waals surface area contributed by atoms with E-state index in [9.17, 15) is 18.0 Å². The molecule has 4 nitrogen and oxygen atoms in total. The zero-order valence-corrected chi connectivity index (χ0v) is 11.0. The van der Waals surface area contributed by atoms with Crippen LogP contribution in [0.3, 0.4) is 0 Å². The summed E-state index contributed by atoms with van der Waals surface area (Å²) in [6, 6.07) is 4.54. The molecule has 0 aliphatic heterocycles. The highest BCUT2D eigenvalue weighted by Crippen LogP contribution is 2.33. The highest BCUT2D eigenvalue weighted by Gasteiger charge is 2.30. The van der Waals surface area contributed by atoms with E-state index in [-0.39, 0.29) is 16.4 Å². The summed E-state index contributed by atoms with van der Waals surface area (Å²) in [6.45, 7) is 1.62. The van der Waals surface area contributed by atoms with Gasteiger partial charge in [-0.05, 0) is 25.1 Å². The first kappa shape index (κ1) is 14.3. The molecule has 1 heterocycles. The van der Waals surface area contributed by atoms with Crippen LogP contribution in [0.2, 0.25) is 0 Å². The molecule has 2 N–H and O–H groups in total. The summed E-state index contributed by atoms with van der Waals surface area (Å²) in [4.78, 5) is 14.8. The van der Waals surface area contributed by atoms with Crippen molar-refractivity contribution in [2.45, 2.75) is 13.1 Å². The van der Waals surface area contributed by atoms with Crippen LogP contribution < -0.4 is 5.32 Å². The Morgan fingerprint density at radius 1 is 1.40 bits per heavy atom. The molecule has 0 unspecified atom stereocenters. The second-order valence-electron chi connectivity index (χ2n) is 3.92. The number of carbonyl (C=O) groups is 1. The van der Waals surface area contributed by atoms with Crippen molar-refractivity contribution in [3.05, 3.63) is 40.5 Å². The van der Waals surface area contributed by atoms with Crippen molar-refractivity contribution in [2.24, 2.45) is 0 Å². The highest BCUT2D eigenvalue weighted by molar-refractivity contribution is 7.16. The number of hydrogen-bond acceptors (Lipinski definition) is 4. The zero-order valence-electron chi connectivity index (χ0n) is 10.2. The van der Waals surface area contributed by atoms with Crippen LogP contribution in [0, 0.1) is 6.92 Å². The van der Waals surface area contributed by atoms with Gasteiger partial charge in [0.15, 0.2) is 5.69 Å². The Morgan fingerprint density at radius 3 is 2.70 bits per heavy atom. The Hall–Kier alpha value is -2.09. The standard InChI is InChI=1S/C12H9F3N2O2S/c1-6-16-9(11(18)19)10(20-6)17-8-4-2-3-7(5-8)12(13,14)15/h2-5,17H,1H3,(H,18,19). The Balaban J connectivity index is 2.33. The van der Waals surface area contributed by atoms with E-state index in [1.807, 2.05) is 0 Å². The van der Waals surface area contributed by atoms with E-state index in [0.717, 1.165) is 23.5 Å². The summed E-state index contributed by atoms with van der Waals surface area (Å²) in [6.07, 6.45) is -4.45. The Kier molecular flexibility index (Phi) is 3.67. The van der Waals surface area contributed by atoms with E-state index in [4.69, 9.17) is 5.11 Å². The van der Waals surface area contributed by atoms with Gasteiger partial charge in [0.05, 0.1) is 10.6 Å². The number of halogens is 3. The summed E-state index contributed by atoms with van der Waals surface area (Å²) in [5.74, 6) is -1.23. The van der Waals surface area contributed by atoms with E-state index in [1.54, 1.807) is 6.92 Å². The molecule has 0 fully saturated rings. The summed E-state index contributed by atoms with van der Waals surface area (Å²) >= 11 is 1.07. The summed E-state index contributed by atoms with van der Waals surface area (Å²) < 4.78 is 37.8. The maximum Gasteiger partial charge on any atom is 0.416 e. The van der Waals surface area contributed by atoms with E-state index < -0.39 is 17.7 Å². The number of thiazole rings is 1. The first-order chi connectivity index (χ1) is 9.27. The molecule has 8 heteroatoms. The van der Waals surface area contributed by atoms with Crippen molar-refractivity contribution in [2.75, 3.05) is 5.32 Å². The maximum absolute atomic E-state index is 12.6. The van der Waals surface area contributed by atoms with Gasteiger partial charge in [-0.15, -0.1) is 11.3 Å². The molecule has 0 spiro atoms. The van der Waals surface area contributed by atoms with Gasteiger partial charge in [0, 0.05) is 5.69 Å². The number of benzene rings is 1. The average Bonchev–Trinajstić information content (AvgIpc) is 2.69. The Bertz CT molecular complexity index is 652. The number of carboxylic acid groups (broad SMARTS) is 1.